The largest absolute Gasteiger partial charge is 1.00 e. The van der Waals surface area contributed by atoms with Gasteiger partial charge in [0.15, 0.2) is 0 Å². The topological polar surface area (TPSA) is 0 Å². The van der Waals surface area contributed by atoms with Crippen LogP contribution in [0.3, 0.4) is 0 Å². The van der Waals surface area contributed by atoms with Gasteiger partial charge in [-0.15, -0.1) is 0 Å². The molecule has 148 valence electrons. The van der Waals surface area contributed by atoms with E-state index in [-0.39, 0.29) is 24.0 Å². The lowest BCUT2D eigenvalue weighted by Crippen LogP contribution is -3.00. The second-order valence-electron chi connectivity index (χ2n) is 9.35. The first-order chi connectivity index (χ1) is 11.2. The maximum Gasteiger partial charge on any atom is 0.104 e. The van der Waals surface area contributed by atoms with Crippen LogP contribution in [0.2, 0.25) is 0 Å². The van der Waals surface area contributed by atoms with E-state index < -0.39 is 0 Å². The molecule has 2 atom stereocenters. The number of hydrogen-bond acceptors (Lipinski definition) is 0. The smallest absolute Gasteiger partial charge is 0.104 e. The van der Waals surface area contributed by atoms with Crippen LogP contribution in [0.15, 0.2) is 23.8 Å². The fraction of sp³-hybridized carbons (Fsp3) is 0.826. The summed E-state index contributed by atoms with van der Waals surface area (Å²) in [5, 5.41) is 0. The molecule has 0 saturated carbocycles. The highest BCUT2D eigenvalue weighted by atomic mass is 127. The Hall–Kier alpha value is 0.170. The number of unbranched alkanes of at least 4 members (excludes halogenated alkanes) is 5. The lowest BCUT2D eigenvalue weighted by atomic mass is 9.68. The summed E-state index contributed by atoms with van der Waals surface area (Å²) in [4.78, 5) is 0. The van der Waals surface area contributed by atoms with Crippen LogP contribution in [0.5, 0.6) is 0 Å². The van der Waals surface area contributed by atoms with Crippen LogP contribution in [0.25, 0.3) is 0 Å². The van der Waals surface area contributed by atoms with Crippen molar-refractivity contribution in [3.63, 3.8) is 0 Å². The third-order valence-electron chi connectivity index (χ3n) is 6.36. The van der Waals surface area contributed by atoms with Gasteiger partial charge in [0.05, 0.1) is 20.6 Å². The normalized spacial score (nSPS) is 21.7. The minimum Gasteiger partial charge on any atom is -1.00 e. The standard InChI is InChI=1S/C23H44N.HI/c1-8-9-10-11-12-13-19-24(6,7)21(3)16-17-22-20(2)15-14-18-23(22,4)5;/h15-17,21-22H,8-14,18-19H2,1-7H3;1H/q+1;/p-1. The second kappa shape index (κ2) is 11.8. The Morgan fingerprint density at radius 2 is 1.76 bits per heavy atom. The maximum absolute atomic E-state index is 2.51. The third kappa shape index (κ3) is 8.60. The van der Waals surface area contributed by atoms with Crippen molar-refractivity contribution >= 4 is 0 Å². The van der Waals surface area contributed by atoms with Gasteiger partial charge < -0.3 is 28.5 Å². The molecule has 0 N–H and O–H groups in total. The molecule has 0 radical (unpaired) electrons. The van der Waals surface area contributed by atoms with Crippen molar-refractivity contribution in [2.45, 2.75) is 92.0 Å². The minimum atomic E-state index is 0. The Bertz CT molecular complexity index is 420. The fourth-order valence-corrected chi connectivity index (χ4v) is 3.99. The first-order valence-corrected chi connectivity index (χ1v) is 10.4. The van der Waals surface area contributed by atoms with Gasteiger partial charge in [-0.3, -0.25) is 0 Å². The molecule has 1 rings (SSSR count). The zero-order valence-electron chi connectivity index (χ0n) is 18.1. The van der Waals surface area contributed by atoms with Crippen LogP contribution in [0.1, 0.15) is 86.0 Å². The van der Waals surface area contributed by atoms with Gasteiger partial charge in [-0.1, -0.05) is 64.2 Å². The zero-order chi connectivity index (χ0) is 18.2. The Morgan fingerprint density at radius 1 is 1.16 bits per heavy atom. The van der Waals surface area contributed by atoms with Crippen LogP contribution in [0, 0.1) is 11.3 Å². The van der Waals surface area contributed by atoms with Crippen molar-refractivity contribution in [3.05, 3.63) is 23.8 Å². The first kappa shape index (κ1) is 25.2. The predicted octanol–water partition coefficient (Wildman–Crippen LogP) is 3.75. The molecule has 0 aliphatic heterocycles. The molecule has 0 spiro atoms. The molecule has 0 aromatic carbocycles. The van der Waals surface area contributed by atoms with Crippen molar-refractivity contribution in [3.8, 4) is 0 Å². The quantitative estimate of drug-likeness (QED) is 0.201. The van der Waals surface area contributed by atoms with Crippen LogP contribution < -0.4 is 24.0 Å². The fourth-order valence-electron chi connectivity index (χ4n) is 3.99. The molecule has 0 bridgehead atoms. The second-order valence-corrected chi connectivity index (χ2v) is 9.35. The highest BCUT2D eigenvalue weighted by molar-refractivity contribution is 5.19. The number of rotatable bonds is 10. The number of allylic oxidation sites excluding steroid dienone is 3. The molecule has 0 aromatic rings. The molecule has 0 heterocycles. The van der Waals surface area contributed by atoms with Crippen LogP contribution in [0.4, 0.5) is 0 Å². The molecule has 1 nitrogen and oxygen atoms in total. The molecule has 0 fully saturated rings. The first-order valence-electron chi connectivity index (χ1n) is 10.4. The molecule has 0 saturated heterocycles. The van der Waals surface area contributed by atoms with E-state index in [9.17, 15) is 0 Å². The summed E-state index contributed by atoms with van der Waals surface area (Å²) >= 11 is 0. The molecule has 25 heavy (non-hydrogen) atoms. The van der Waals surface area contributed by atoms with E-state index in [1.807, 2.05) is 0 Å². The summed E-state index contributed by atoms with van der Waals surface area (Å²) in [5.74, 6) is 0.614. The van der Waals surface area contributed by atoms with Gasteiger partial charge in [-0.2, -0.15) is 0 Å². The molecule has 2 unspecified atom stereocenters. The van der Waals surface area contributed by atoms with E-state index >= 15 is 0 Å². The highest BCUT2D eigenvalue weighted by Gasteiger charge is 2.31. The summed E-state index contributed by atoms with van der Waals surface area (Å²) in [7, 11) is 4.80. The Balaban J connectivity index is 0.00000576. The van der Waals surface area contributed by atoms with Gasteiger partial charge in [0.2, 0.25) is 0 Å². The number of halogens is 1. The van der Waals surface area contributed by atoms with Crippen LogP contribution in [-0.4, -0.2) is 31.2 Å². The highest BCUT2D eigenvalue weighted by Crippen LogP contribution is 2.41. The van der Waals surface area contributed by atoms with Crippen molar-refractivity contribution in [2.75, 3.05) is 20.6 Å². The minimum absolute atomic E-state index is 0. The predicted molar refractivity (Wildman–Crippen MR) is 109 cm³/mol. The van der Waals surface area contributed by atoms with E-state index in [4.69, 9.17) is 0 Å². The summed E-state index contributed by atoms with van der Waals surface area (Å²) < 4.78 is 1.11. The van der Waals surface area contributed by atoms with E-state index in [1.54, 1.807) is 5.57 Å². The SMILES string of the molecule is CCCCCCCC[N+](C)(C)C(C)C=CC1C(C)=CCCC1(C)C.[I-]. The Labute approximate surface area is 175 Å². The lowest BCUT2D eigenvalue weighted by Gasteiger charge is -2.38. The third-order valence-corrected chi connectivity index (χ3v) is 6.36. The van der Waals surface area contributed by atoms with Crippen molar-refractivity contribution < 1.29 is 28.5 Å². The summed E-state index contributed by atoms with van der Waals surface area (Å²) in [6.45, 7) is 13.2. The Morgan fingerprint density at radius 3 is 2.36 bits per heavy atom. The summed E-state index contributed by atoms with van der Waals surface area (Å²) in [6.07, 6.45) is 18.3. The molecular weight excluding hydrogens is 417 g/mol. The number of nitrogens with zero attached hydrogens (tertiary/aromatic N) is 1. The van der Waals surface area contributed by atoms with E-state index in [0.717, 1.165) is 4.48 Å². The average Bonchev–Trinajstić information content (AvgIpc) is 2.49. The van der Waals surface area contributed by atoms with Crippen molar-refractivity contribution in [1.82, 2.24) is 0 Å². The monoisotopic (exact) mass is 461 g/mol. The van der Waals surface area contributed by atoms with Gasteiger partial charge >= 0.3 is 0 Å². The lowest BCUT2D eigenvalue weighted by molar-refractivity contribution is -0.906. The van der Waals surface area contributed by atoms with Crippen molar-refractivity contribution in [2.24, 2.45) is 11.3 Å². The number of hydrogen-bond donors (Lipinski definition) is 0. The van der Waals surface area contributed by atoms with Gasteiger partial charge in [0.1, 0.15) is 6.04 Å². The van der Waals surface area contributed by atoms with E-state index in [2.05, 4.69) is 66.9 Å². The number of quaternary nitrogens is 1. The van der Waals surface area contributed by atoms with Gasteiger partial charge in [0.25, 0.3) is 0 Å². The van der Waals surface area contributed by atoms with Gasteiger partial charge in [-0.05, 0) is 51.0 Å². The van der Waals surface area contributed by atoms with Crippen LogP contribution >= 0.6 is 0 Å². The van der Waals surface area contributed by atoms with Gasteiger partial charge in [0, 0.05) is 5.92 Å². The molecule has 2 heteroatoms. The number of likely N-dealkylation sites (N-methyl/N-ethyl adjacent to an activating group) is 1. The maximum atomic E-state index is 2.51. The van der Waals surface area contributed by atoms with E-state index in [1.165, 1.54) is 57.9 Å². The molecule has 0 amide bonds. The summed E-state index contributed by atoms with van der Waals surface area (Å²) in [6, 6.07) is 0.589. The Kier molecular flexibility index (Phi) is 11.9. The molecule has 1 aliphatic carbocycles. The van der Waals surface area contributed by atoms with E-state index in [0.29, 0.717) is 17.4 Å². The molecular formula is C23H44IN. The van der Waals surface area contributed by atoms with Gasteiger partial charge in [-0.25, -0.2) is 0 Å². The average molecular weight is 462 g/mol. The summed E-state index contributed by atoms with van der Waals surface area (Å²) in [5.41, 5.74) is 1.97. The molecule has 0 aromatic heterocycles. The molecule has 1 aliphatic rings. The van der Waals surface area contributed by atoms with Crippen molar-refractivity contribution in [1.29, 1.82) is 0 Å². The van der Waals surface area contributed by atoms with Crippen LogP contribution in [-0.2, 0) is 0 Å². The zero-order valence-corrected chi connectivity index (χ0v) is 20.2.